The first-order valence-electron chi connectivity index (χ1n) is 13.2. The lowest BCUT2D eigenvalue weighted by molar-refractivity contribution is 0.0260. The van der Waals surface area contributed by atoms with Gasteiger partial charge in [0.1, 0.15) is 0 Å². The number of nitrogens with zero attached hydrogens (tertiary/aromatic N) is 8. The van der Waals surface area contributed by atoms with E-state index in [1.54, 1.807) is 24.3 Å². The van der Waals surface area contributed by atoms with Crippen molar-refractivity contribution < 1.29 is 4.74 Å². The number of hydrogen-bond donors (Lipinski definition) is 1. The van der Waals surface area contributed by atoms with Crippen LogP contribution in [0.15, 0.2) is 66.0 Å². The summed E-state index contributed by atoms with van der Waals surface area (Å²) in [5.41, 5.74) is 3.68. The normalized spacial score (nSPS) is 17.7. The van der Waals surface area contributed by atoms with Gasteiger partial charge in [0.05, 0.1) is 48.8 Å². The minimum Gasteiger partial charge on any atom is -0.373 e. The maximum atomic E-state index is 12.6. The summed E-state index contributed by atoms with van der Waals surface area (Å²) in [4.78, 5) is 23.9. The Balaban J connectivity index is 0.00000323. The van der Waals surface area contributed by atoms with Crippen LogP contribution in [0.1, 0.15) is 24.4 Å². The highest BCUT2D eigenvalue weighted by molar-refractivity contribution is 5.85. The van der Waals surface area contributed by atoms with Crippen molar-refractivity contribution in [2.24, 2.45) is 0 Å². The van der Waals surface area contributed by atoms with E-state index in [4.69, 9.17) is 4.74 Å². The van der Waals surface area contributed by atoms with Gasteiger partial charge in [-0.1, -0.05) is 12.1 Å². The third-order valence-electron chi connectivity index (χ3n) is 7.21. The average Bonchev–Trinajstić information content (AvgIpc) is 3.50. The summed E-state index contributed by atoms with van der Waals surface area (Å²) < 4.78 is 9.45. The summed E-state index contributed by atoms with van der Waals surface area (Å²) in [6, 6.07) is 12.9. The van der Waals surface area contributed by atoms with E-state index in [2.05, 4.69) is 47.3 Å². The van der Waals surface area contributed by atoms with Crippen LogP contribution in [0.25, 0.3) is 22.4 Å². The van der Waals surface area contributed by atoms with Crippen LogP contribution in [0, 0.1) is 11.3 Å². The molecule has 6 rings (SSSR count). The van der Waals surface area contributed by atoms with E-state index < -0.39 is 0 Å². The van der Waals surface area contributed by atoms with Crippen LogP contribution in [0.3, 0.4) is 0 Å². The highest BCUT2D eigenvalue weighted by Crippen LogP contribution is 2.24. The third kappa shape index (κ3) is 6.04. The maximum Gasteiger partial charge on any atom is 0.266 e. The zero-order chi connectivity index (χ0) is 26.6. The van der Waals surface area contributed by atoms with E-state index in [1.807, 2.05) is 24.7 Å². The van der Waals surface area contributed by atoms with Crippen LogP contribution in [0.4, 0.5) is 5.95 Å². The number of rotatable bonds is 6. The first kappa shape index (κ1) is 27.5. The molecule has 11 nitrogen and oxygen atoms in total. The molecule has 206 valence electrons. The van der Waals surface area contributed by atoms with Crippen molar-refractivity contribution in [1.29, 1.82) is 5.26 Å². The molecule has 3 aromatic heterocycles. The van der Waals surface area contributed by atoms with E-state index in [9.17, 15) is 10.1 Å². The fraction of sp³-hybridized carbons (Fsp3) is 0.357. The maximum absolute atomic E-state index is 12.6. The number of morpholine rings is 1. The number of halogens is 1. The largest absolute Gasteiger partial charge is 0.373 e. The van der Waals surface area contributed by atoms with Gasteiger partial charge in [-0.3, -0.25) is 9.48 Å². The SMILES string of the molecule is Cl.N#Cc1cccc(-c2ccc(=O)n(C[C@@H]3CN(c4ncc(-c5cnn(C6CCNCC6)c5)cn4)CCO3)n2)c1. The topological polar surface area (TPSA) is 127 Å². The standard InChI is InChI=1S/C28H29N9O2.ClH/c29-13-20-2-1-3-21(12-20)26-4-5-27(38)37(34-26)19-25-18-35(10-11-39-25)28-31-14-22(15-32-28)23-16-33-36(17-23)24-6-8-30-9-7-24;/h1-5,12,14-17,24-25,30H,6-11,18-19H2;1H/t25-;/m0./s1. The van der Waals surface area contributed by atoms with Crippen molar-refractivity contribution in [1.82, 2.24) is 34.8 Å². The summed E-state index contributed by atoms with van der Waals surface area (Å²) in [7, 11) is 0. The molecule has 12 heteroatoms. The second-order valence-corrected chi connectivity index (χ2v) is 9.83. The Morgan fingerprint density at radius 1 is 1.05 bits per heavy atom. The van der Waals surface area contributed by atoms with Gasteiger partial charge in [0, 0.05) is 54.4 Å². The predicted octanol–water partition coefficient (Wildman–Crippen LogP) is 2.69. The fourth-order valence-electron chi connectivity index (χ4n) is 5.08. The number of piperidine rings is 1. The Morgan fingerprint density at radius 2 is 1.88 bits per heavy atom. The van der Waals surface area contributed by atoms with Gasteiger partial charge in [0.15, 0.2) is 0 Å². The van der Waals surface area contributed by atoms with E-state index in [-0.39, 0.29) is 24.1 Å². The lowest BCUT2D eigenvalue weighted by atomic mass is 10.1. The quantitative estimate of drug-likeness (QED) is 0.379. The molecule has 0 bridgehead atoms. The third-order valence-corrected chi connectivity index (χ3v) is 7.21. The summed E-state index contributed by atoms with van der Waals surface area (Å²) in [6.07, 6.45) is 9.53. The van der Waals surface area contributed by atoms with E-state index in [1.165, 1.54) is 10.7 Å². The lowest BCUT2D eigenvalue weighted by Gasteiger charge is -2.33. The van der Waals surface area contributed by atoms with Gasteiger partial charge in [-0.15, -0.1) is 12.4 Å². The number of aromatic nitrogens is 6. The Bertz CT molecular complexity index is 1540. The Kier molecular flexibility index (Phi) is 8.50. The summed E-state index contributed by atoms with van der Waals surface area (Å²) in [5.74, 6) is 0.625. The molecule has 0 saturated carbocycles. The molecule has 2 saturated heterocycles. The van der Waals surface area contributed by atoms with Crippen LogP contribution in [-0.2, 0) is 11.3 Å². The second-order valence-electron chi connectivity index (χ2n) is 9.83. The molecule has 0 radical (unpaired) electrons. The molecular formula is C28H30ClN9O2. The highest BCUT2D eigenvalue weighted by Gasteiger charge is 2.24. The molecule has 4 aromatic rings. The summed E-state index contributed by atoms with van der Waals surface area (Å²) >= 11 is 0. The van der Waals surface area contributed by atoms with Crippen molar-refractivity contribution in [2.45, 2.75) is 31.5 Å². The number of benzene rings is 1. The monoisotopic (exact) mass is 559 g/mol. The molecule has 2 aliphatic heterocycles. The Morgan fingerprint density at radius 3 is 2.67 bits per heavy atom. The molecule has 5 heterocycles. The number of ether oxygens (including phenoxy) is 1. The van der Waals surface area contributed by atoms with Crippen LogP contribution in [0.5, 0.6) is 0 Å². The molecule has 0 unspecified atom stereocenters. The minimum atomic E-state index is -0.254. The summed E-state index contributed by atoms with van der Waals surface area (Å²) in [6.45, 7) is 4.03. The minimum absolute atomic E-state index is 0. The molecular weight excluding hydrogens is 530 g/mol. The van der Waals surface area contributed by atoms with Gasteiger partial charge < -0.3 is 15.0 Å². The Hall–Kier alpha value is -4.11. The van der Waals surface area contributed by atoms with Crippen LogP contribution in [-0.4, -0.2) is 68.4 Å². The zero-order valence-electron chi connectivity index (χ0n) is 21.9. The highest BCUT2D eigenvalue weighted by atomic mass is 35.5. The molecule has 2 fully saturated rings. The first-order chi connectivity index (χ1) is 19.2. The first-order valence-corrected chi connectivity index (χ1v) is 13.2. The fourth-order valence-corrected chi connectivity index (χ4v) is 5.08. The van der Waals surface area contributed by atoms with E-state index in [0.29, 0.717) is 49.5 Å². The van der Waals surface area contributed by atoms with Crippen molar-refractivity contribution >= 4 is 18.4 Å². The number of nitrogens with one attached hydrogen (secondary N) is 1. The predicted molar refractivity (Wildman–Crippen MR) is 152 cm³/mol. The van der Waals surface area contributed by atoms with Crippen LogP contribution in [0.2, 0.25) is 0 Å². The number of anilines is 1. The zero-order valence-corrected chi connectivity index (χ0v) is 22.7. The van der Waals surface area contributed by atoms with Crippen molar-refractivity contribution in [3.8, 4) is 28.5 Å². The van der Waals surface area contributed by atoms with E-state index >= 15 is 0 Å². The van der Waals surface area contributed by atoms with Gasteiger partial charge in [0.25, 0.3) is 5.56 Å². The van der Waals surface area contributed by atoms with Gasteiger partial charge in [0.2, 0.25) is 5.95 Å². The van der Waals surface area contributed by atoms with Crippen molar-refractivity contribution in [3.05, 3.63) is 77.1 Å². The molecule has 2 aliphatic rings. The van der Waals surface area contributed by atoms with Gasteiger partial charge in [-0.25, -0.2) is 14.6 Å². The molecule has 1 atom stereocenters. The van der Waals surface area contributed by atoms with Gasteiger partial charge in [-0.05, 0) is 44.1 Å². The molecule has 1 N–H and O–H groups in total. The molecule has 0 amide bonds. The van der Waals surface area contributed by atoms with Crippen molar-refractivity contribution in [3.63, 3.8) is 0 Å². The molecule has 1 aromatic carbocycles. The second kappa shape index (κ2) is 12.4. The van der Waals surface area contributed by atoms with E-state index in [0.717, 1.165) is 42.6 Å². The number of nitriles is 1. The molecule has 40 heavy (non-hydrogen) atoms. The number of hydrogen-bond acceptors (Lipinski definition) is 9. The summed E-state index contributed by atoms with van der Waals surface area (Å²) in [5, 5.41) is 21.7. The Labute approximate surface area is 237 Å². The lowest BCUT2D eigenvalue weighted by Crippen LogP contribution is -2.46. The van der Waals surface area contributed by atoms with Crippen LogP contribution >= 0.6 is 12.4 Å². The molecule has 0 aliphatic carbocycles. The van der Waals surface area contributed by atoms with Gasteiger partial charge in [-0.2, -0.15) is 15.5 Å². The van der Waals surface area contributed by atoms with Gasteiger partial charge >= 0.3 is 0 Å². The smallest absolute Gasteiger partial charge is 0.266 e. The molecule has 0 spiro atoms. The van der Waals surface area contributed by atoms with Crippen LogP contribution < -0.4 is 15.8 Å². The van der Waals surface area contributed by atoms with Crippen molar-refractivity contribution in [2.75, 3.05) is 37.7 Å². The average molecular weight is 560 g/mol.